The second-order valence-corrected chi connectivity index (χ2v) is 6.05. The molecule has 110 valence electrons. The third-order valence-corrected chi connectivity index (χ3v) is 4.53. The van der Waals surface area contributed by atoms with Crippen LogP contribution in [0.1, 0.15) is 43.7 Å². The molecule has 2 heteroatoms. The number of pyridine rings is 1. The average Bonchev–Trinajstić information content (AvgIpc) is 2.92. The van der Waals surface area contributed by atoms with Crippen LogP contribution in [0.2, 0.25) is 0 Å². The van der Waals surface area contributed by atoms with E-state index < -0.39 is 0 Å². The molecule has 0 saturated heterocycles. The molecule has 0 spiro atoms. The lowest BCUT2D eigenvalue weighted by atomic mass is 9.97. The average molecular weight is 288 g/mol. The van der Waals surface area contributed by atoms with Crippen molar-refractivity contribution in [3.05, 3.63) is 65.4 Å². The molecule has 1 aromatic carbocycles. The maximum Gasteiger partial charge on any atom is 0.137 e. The van der Waals surface area contributed by atoms with Crippen molar-refractivity contribution >= 4 is 22.7 Å². The number of rotatable bonds is 3. The van der Waals surface area contributed by atoms with Crippen LogP contribution in [-0.4, -0.2) is 4.98 Å². The van der Waals surface area contributed by atoms with Crippen LogP contribution in [0.3, 0.4) is 0 Å². The molecule has 22 heavy (non-hydrogen) atoms. The van der Waals surface area contributed by atoms with Gasteiger partial charge in [0.15, 0.2) is 0 Å². The van der Waals surface area contributed by atoms with E-state index >= 15 is 0 Å². The molecular weight excluding hydrogens is 268 g/mol. The van der Waals surface area contributed by atoms with Gasteiger partial charge in [-0.2, -0.15) is 0 Å². The molecule has 0 saturated carbocycles. The predicted molar refractivity (Wildman–Crippen MR) is 93.0 cm³/mol. The Morgan fingerprint density at radius 3 is 2.86 bits per heavy atom. The van der Waals surface area contributed by atoms with Crippen molar-refractivity contribution in [2.24, 2.45) is 0 Å². The highest BCUT2D eigenvalue weighted by molar-refractivity contribution is 6.06. The number of hydrogen-bond donors (Lipinski definition) is 1. The van der Waals surface area contributed by atoms with E-state index in [1.807, 2.05) is 12.3 Å². The summed E-state index contributed by atoms with van der Waals surface area (Å²) in [6.45, 7) is 2.26. The molecule has 1 N–H and O–H groups in total. The Labute approximate surface area is 131 Å². The van der Waals surface area contributed by atoms with Crippen LogP contribution < -0.4 is 5.32 Å². The van der Waals surface area contributed by atoms with Crippen molar-refractivity contribution in [1.29, 1.82) is 0 Å². The largest absolute Gasteiger partial charge is 0.339 e. The zero-order valence-corrected chi connectivity index (χ0v) is 12.9. The lowest BCUT2D eigenvalue weighted by Gasteiger charge is -2.11. The minimum absolute atomic E-state index is 0.977. The molecule has 0 fully saturated rings. The number of nitrogens with zero attached hydrogens (tertiary/aromatic N) is 1. The van der Waals surface area contributed by atoms with E-state index in [0.717, 1.165) is 17.9 Å². The van der Waals surface area contributed by atoms with Crippen molar-refractivity contribution in [2.45, 2.75) is 32.6 Å². The molecule has 1 aliphatic carbocycles. The summed E-state index contributed by atoms with van der Waals surface area (Å²) in [5.74, 6) is 0.977. The van der Waals surface area contributed by atoms with E-state index in [-0.39, 0.29) is 0 Å². The van der Waals surface area contributed by atoms with E-state index in [1.165, 1.54) is 41.5 Å². The van der Waals surface area contributed by atoms with Gasteiger partial charge in [-0.05, 0) is 48.6 Å². The first-order valence-corrected chi connectivity index (χ1v) is 8.11. The van der Waals surface area contributed by atoms with Crippen molar-refractivity contribution < 1.29 is 0 Å². The quantitative estimate of drug-likeness (QED) is 0.798. The van der Waals surface area contributed by atoms with Crippen molar-refractivity contribution in [1.82, 2.24) is 4.98 Å². The van der Waals surface area contributed by atoms with Gasteiger partial charge in [0.1, 0.15) is 5.82 Å². The molecule has 0 unspecified atom stereocenters. The van der Waals surface area contributed by atoms with Crippen molar-refractivity contribution in [2.75, 3.05) is 5.32 Å². The summed E-state index contributed by atoms with van der Waals surface area (Å²) in [6, 6.07) is 12.8. The highest BCUT2D eigenvalue weighted by Crippen LogP contribution is 2.46. The summed E-state index contributed by atoms with van der Waals surface area (Å²) in [6.07, 6.45) is 9.05. The maximum absolute atomic E-state index is 4.56. The topological polar surface area (TPSA) is 24.9 Å². The van der Waals surface area contributed by atoms with Gasteiger partial charge in [-0.1, -0.05) is 43.2 Å². The molecule has 2 heterocycles. The Morgan fingerprint density at radius 2 is 1.95 bits per heavy atom. The molecule has 0 atom stereocenters. The van der Waals surface area contributed by atoms with Gasteiger partial charge in [-0.3, -0.25) is 0 Å². The van der Waals surface area contributed by atoms with Gasteiger partial charge in [0.05, 0.1) is 0 Å². The lowest BCUT2D eigenvalue weighted by Crippen LogP contribution is -1.97. The van der Waals surface area contributed by atoms with Crippen LogP contribution >= 0.6 is 0 Å². The number of hydrogen-bond acceptors (Lipinski definition) is 2. The molecule has 0 bridgehead atoms. The first-order valence-electron chi connectivity index (χ1n) is 8.11. The Hall–Kier alpha value is -2.35. The third-order valence-electron chi connectivity index (χ3n) is 4.53. The molecule has 1 aliphatic heterocycles. The summed E-state index contributed by atoms with van der Waals surface area (Å²) >= 11 is 0. The van der Waals surface area contributed by atoms with E-state index in [0.29, 0.717) is 0 Å². The van der Waals surface area contributed by atoms with Crippen LogP contribution in [0.4, 0.5) is 11.5 Å². The summed E-state index contributed by atoms with van der Waals surface area (Å²) in [7, 11) is 0. The van der Waals surface area contributed by atoms with Gasteiger partial charge in [0.2, 0.25) is 0 Å². The SMILES string of the molecule is CCCCC1=CC2=C(C1)c1cccnc1Nc1ccccc12. The van der Waals surface area contributed by atoms with Crippen LogP contribution in [0.15, 0.2) is 54.2 Å². The minimum atomic E-state index is 0.977. The first kappa shape index (κ1) is 13.3. The van der Waals surface area contributed by atoms with Gasteiger partial charge in [-0.25, -0.2) is 4.98 Å². The molecule has 2 aromatic rings. The van der Waals surface area contributed by atoms with Crippen LogP contribution in [0.5, 0.6) is 0 Å². The number of benzene rings is 1. The fraction of sp³-hybridized carbons (Fsp3) is 0.250. The monoisotopic (exact) mass is 288 g/mol. The number of allylic oxidation sites excluding steroid dienone is 4. The van der Waals surface area contributed by atoms with Crippen LogP contribution in [0.25, 0.3) is 11.1 Å². The standard InChI is InChI=1S/C20H20N2/c1-2-3-7-14-12-17-15-8-4-5-10-19(15)22-20-16(18(17)13-14)9-6-11-21-20/h4-6,8-12H,2-3,7,13H2,1H3,(H,21,22). The fourth-order valence-electron chi connectivity index (χ4n) is 3.41. The van der Waals surface area contributed by atoms with Crippen molar-refractivity contribution in [3.8, 4) is 0 Å². The van der Waals surface area contributed by atoms with Gasteiger partial charge in [-0.15, -0.1) is 0 Å². The van der Waals surface area contributed by atoms with Gasteiger partial charge in [0.25, 0.3) is 0 Å². The maximum atomic E-state index is 4.56. The van der Waals surface area contributed by atoms with Crippen molar-refractivity contribution in [3.63, 3.8) is 0 Å². The highest BCUT2D eigenvalue weighted by atomic mass is 15.0. The highest BCUT2D eigenvalue weighted by Gasteiger charge is 2.25. The second-order valence-electron chi connectivity index (χ2n) is 6.05. The smallest absolute Gasteiger partial charge is 0.137 e. The number of unbranched alkanes of at least 4 members (excludes halogenated alkanes) is 1. The number of para-hydroxylation sites is 1. The molecular formula is C20H20N2. The van der Waals surface area contributed by atoms with E-state index in [2.05, 4.69) is 53.6 Å². The van der Waals surface area contributed by atoms with Gasteiger partial charge < -0.3 is 5.32 Å². The Bertz CT molecular complexity index is 784. The minimum Gasteiger partial charge on any atom is -0.339 e. The molecule has 1 aromatic heterocycles. The van der Waals surface area contributed by atoms with Gasteiger partial charge in [0, 0.05) is 23.0 Å². The zero-order chi connectivity index (χ0) is 14.9. The predicted octanol–water partition coefficient (Wildman–Crippen LogP) is 5.57. The fourth-order valence-corrected chi connectivity index (χ4v) is 3.41. The summed E-state index contributed by atoms with van der Waals surface area (Å²) in [5, 5.41) is 3.51. The van der Waals surface area contributed by atoms with E-state index in [4.69, 9.17) is 0 Å². The third kappa shape index (κ3) is 2.16. The van der Waals surface area contributed by atoms with E-state index in [1.54, 1.807) is 5.57 Å². The molecule has 0 radical (unpaired) electrons. The molecule has 4 rings (SSSR count). The van der Waals surface area contributed by atoms with Gasteiger partial charge >= 0.3 is 0 Å². The Morgan fingerprint density at radius 1 is 1.09 bits per heavy atom. The van der Waals surface area contributed by atoms with Crippen LogP contribution in [0, 0.1) is 0 Å². The normalized spacial score (nSPS) is 15.4. The molecule has 2 nitrogen and oxygen atoms in total. The number of nitrogens with one attached hydrogen (secondary N) is 1. The summed E-state index contributed by atoms with van der Waals surface area (Å²) in [4.78, 5) is 4.56. The summed E-state index contributed by atoms with van der Waals surface area (Å²) in [5.41, 5.74) is 8.05. The Kier molecular flexibility index (Phi) is 3.30. The first-order chi connectivity index (χ1) is 10.9. The number of anilines is 2. The Balaban J connectivity index is 1.86. The lowest BCUT2D eigenvalue weighted by molar-refractivity contribution is 0.780. The van der Waals surface area contributed by atoms with Crippen LogP contribution in [-0.2, 0) is 0 Å². The molecule has 0 amide bonds. The van der Waals surface area contributed by atoms with E-state index in [9.17, 15) is 0 Å². The zero-order valence-electron chi connectivity index (χ0n) is 12.9. The second kappa shape index (κ2) is 5.45. The number of fused-ring (bicyclic) bond motifs is 4. The number of aromatic nitrogens is 1. The molecule has 2 aliphatic rings. The summed E-state index contributed by atoms with van der Waals surface area (Å²) < 4.78 is 0.